The van der Waals surface area contributed by atoms with Gasteiger partial charge in [-0.25, -0.2) is 0 Å². The Morgan fingerprint density at radius 1 is 1.22 bits per heavy atom. The maximum absolute atomic E-state index is 12.6. The highest BCUT2D eigenvalue weighted by Gasteiger charge is 2.19. The van der Waals surface area contributed by atoms with E-state index in [4.69, 9.17) is 14.2 Å². The minimum Gasteiger partial charge on any atom is -0.491 e. The van der Waals surface area contributed by atoms with Crippen LogP contribution >= 0.6 is 0 Å². The highest BCUT2D eigenvalue weighted by Crippen LogP contribution is 2.21. The fourth-order valence-electron chi connectivity index (χ4n) is 3.03. The summed E-state index contributed by atoms with van der Waals surface area (Å²) in [5, 5.41) is 2.92. The van der Waals surface area contributed by atoms with Crippen LogP contribution in [0.1, 0.15) is 31.7 Å². The predicted octanol–water partition coefficient (Wildman–Crippen LogP) is 4.35. The van der Waals surface area contributed by atoms with Crippen molar-refractivity contribution in [2.45, 2.75) is 45.3 Å². The summed E-state index contributed by atoms with van der Waals surface area (Å²) in [5.74, 6) is 1.25. The average molecular weight is 369 g/mol. The van der Waals surface area contributed by atoms with Crippen molar-refractivity contribution >= 4 is 11.6 Å². The summed E-state index contributed by atoms with van der Waals surface area (Å²) in [5.41, 5.74) is 1.79. The van der Waals surface area contributed by atoms with Crippen molar-refractivity contribution < 1.29 is 19.0 Å². The Hall–Kier alpha value is -2.53. The SMILES string of the molecule is CCC(Oc1cccc(C)c1)C(=O)Nc1cccc(OCC2CCCO2)c1. The Morgan fingerprint density at radius 3 is 2.78 bits per heavy atom. The van der Waals surface area contributed by atoms with Crippen LogP contribution in [-0.2, 0) is 9.53 Å². The van der Waals surface area contributed by atoms with E-state index in [1.54, 1.807) is 0 Å². The number of aryl methyl sites for hydroxylation is 1. The molecule has 0 radical (unpaired) electrons. The molecule has 1 fully saturated rings. The zero-order valence-electron chi connectivity index (χ0n) is 15.9. The second-order valence-electron chi connectivity index (χ2n) is 6.79. The van der Waals surface area contributed by atoms with Gasteiger partial charge in [0.25, 0.3) is 5.91 Å². The molecule has 1 aliphatic rings. The molecular weight excluding hydrogens is 342 g/mol. The molecule has 144 valence electrons. The monoisotopic (exact) mass is 369 g/mol. The van der Waals surface area contributed by atoms with Crippen LogP contribution in [0.2, 0.25) is 0 Å². The molecule has 1 N–H and O–H groups in total. The summed E-state index contributed by atoms with van der Waals surface area (Å²) in [6, 6.07) is 15.1. The van der Waals surface area contributed by atoms with Crippen LogP contribution in [0.25, 0.3) is 0 Å². The van der Waals surface area contributed by atoms with E-state index in [1.165, 1.54) is 0 Å². The lowest BCUT2D eigenvalue weighted by Crippen LogP contribution is -2.32. The van der Waals surface area contributed by atoms with Crippen molar-refractivity contribution in [2.75, 3.05) is 18.5 Å². The van der Waals surface area contributed by atoms with Gasteiger partial charge < -0.3 is 19.5 Å². The first-order valence-electron chi connectivity index (χ1n) is 9.52. The summed E-state index contributed by atoms with van der Waals surface area (Å²) in [6.07, 6.45) is 2.31. The van der Waals surface area contributed by atoms with E-state index in [0.717, 1.165) is 30.8 Å². The van der Waals surface area contributed by atoms with Crippen molar-refractivity contribution in [3.63, 3.8) is 0 Å². The molecule has 1 amide bonds. The molecule has 0 saturated carbocycles. The molecule has 2 atom stereocenters. The van der Waals surface area contributed by atoms with E-state index in [-0.39, 0.29) is 12.0 Å². The van der Waals surface area contributed by atoms with E-state index in [0.29, 0.717) is 24.5 Å². The molecule has 0 aliphatic carbocycles. The van der Waals surface area contributed by atoms with Crippen LogP contribution in [0.3, 0.4) is 0 Å². The molecule has 0 spiro atoms. The van der Waals surface area contributed by atoms with Gasteiger partial charge in [0.2, 0.25) is 0 Å². The summed E-state index contributed by atoms with van der Waals surface area (Å²) < 4.78 is 17.2. The molecule has 2 aromatic carbocycles. The minimum absolute atomic E-state index is 0.162. The van der Waals surface area contributed by atoms with Gasteiger partial charge >= 0.3 is 0 Å². The number of carbonyl (C=O) groups excluding carboxylic acids is 1. The summed E-state index contributed by atoms with van der Waals surface area (Å²) in [6.45, 7) is 5.27. The van der Waals surface area contributed by atoms with Crippen LogP contribution in [-0.4, -0.2) is 31.3 Å². The number of ether oxygens (including phenoxy) is 3. The fourth-order valence-corrected chi connectivity index (χ4v) is 3.03. The molecule has 1 heterocycles. The lowest BCUT2D eigenvalue weighted by molar-refractivity contribution is -0.122. The first-order chi connectivity index (χ1) is 13.1. The summed E-state index contributed by atoms with van der Waals surface area (Å²) in [4.78, 5) is 12.6. The van der Waals surface area contributed by atoms with Crippen LogP contribution < -0.4 is 14.8 Å². The summed E-state index contributed by atoms with van der Waals surface area (Å²) >= 11 is 0. The first-order valence-corrected chi connectivity index (χ1v) is 9.52. The third-order valence-corrected chi connectivity index (χ3v) is 4.49. The highest BCUT2D eigenvalue weighted by molar-refractivity contribution is 5.94. The maximum Gasteiger partial charge on any atom is 0.265 e. The standard InChI is InChI=1S/C22H27NO4/c1-3-21(27-19-10-4-7-16(2)13-19)22(24)23-17-8-5-9-18(14-17)26-15-20-11-6-12-25-20/h4-5,7-10,13-14,20-21H,3,6,11-12,15H2,1-2H3,(H,23,24). The number of rotatable bonds is 8. The molecular formula is C22H27NO4. The zero-order valence-corrected chi connectivity index (χ0v) is 15.9. The number of hydrogen-bond acceptors (Lipinski definition) is 4. The number of hydrogen-bond donors (Lipinski definition) is 1. The van der Waals surface area contributed by atoms with E-state index in [1.807, 2.05) is 62.4 Å². The first kappa shape index (κ1) is 19.2. The fraction of sp³-hybridized carbons (Fsp3) is 0.409. The van der Waals surface area contributed by atoms with Gasteiger partial charge in [-0.2, -0.15) is 0 Å². The predicted molar refractivity (Wildman–Crippen MR) is 105 cm³/mol. The van der Waals surface area contributed by atoms with Gasteiger partial charge in [0.15, 0.2) is 6.10 Å². The van der Waals surface area contributed by atoms with Gasteiger partial charge in [-0.05, 0) is 56.0 Å². The van der Waals surface area contributed by atoms with Gasteiger partial charge in [0, 0.05) is 18.4 Å². The van der Waals surface area contributed by atoms with Crippen LogP contribution in [0.4, 0.5) is 5.69 Å². The molecule has 3 rings (SSSR count). The molecule has 2 aromatic rings. The molecule has 1 aliphatic heterocycles. The van der Waals surface area contributed by atoms with Gasteiger partial charge in [0.1, 0.15) is 18.1 Å². The van der Waals surface area contributed by atoms with Crippen molar-refractivity contribution in [1.82, 2.24) is 0 Å². The number of benzene rings is 2. The van der Waals surface area contributed by atoms with Crippen molar-refractivity contribution in [2.24, 2.45) is 0 Å². The number of amides is 1. The number of carbonyl (C=O) groups is 1. The van der Waals surface area contributed by atoms with Crippen LogP contribution in [0, 0.1) is 6.92 Å². The molecule has 0 bridgehead atoms. The molecule has 0 aromatic heterocycles. The lowest BCUT2D eigenvalue weighted by Gasteiger charge is -2.18. The van der Waals surface area contributed by atoms with Crippen molar-refractivity contribution in [3.8, 4) is 11.5 Å². The largest absolute Gasteiger partial charge is 0.491 e. The normalized spacial score (nSPS) is 17.3. The molecule has 5 heteroatoms. The third-order valence-electron chi connectivity index (χ3n) is 4.49. The third kappa shape index (κ3) is 5.73. The van der Waals surface area contributed by atoms with E-state index in [2.05, 4.69) is 5.32 Å². The van der Waals surface area contributed by atoms with Gasteiger partial charge in [-0.15, -0.1) is 0 Å². The average Bonchev–Trinajstić information content (AvgIpc) is 3.18. The lowest BCUT2D eigenvalue weighted by atomic mass is 10.2. The second-order valence-corrected chi connectivity index (χ2v) is 6.79. The van der Waals surface area contributed by atoms with E-state index < -0.39 is 6.10 Å². The Morgan fingerprint density at radius 2 is 2.04 bits per heavy atom. The quantitative estimate of drug-likeness (QED) is 0.752. The van der Waals surface area contributed by atoms with E-state index >= 15 is 0 Å². The Kier molecular flexibility index (Phi) is 6.71. The topological polar surface area (TPSA) is 56.8 Å². The van der Waals surface area contributed by atoms with Crippen molar-refractivity contribution in [1.29, 1.82) is 0 Å². The number of anilines is 1. The Labute approximate surface area is 160 Å². The maximum atomic E-state index is 12.6. The second kappa shape index (κ2) is 9.42. The molecule has 2 unspecified atom stereocenters. The molecule has 27 heavy (non-hydrogen) atoms. The molecule has 5 nitrogen and oxygen atoms in total. The Bertz CT molecular complexity index is 755. The zero-order chi connectivity index (χ0) is 19.1. The smallest absolute Gasteiger partial charge is 0.265 e. The number of nitrogens with one attached hydrogen (secondary N) is 1. The summed E-state index contributed by atoms with van der Waals surface area (Å²) in [7, 11) is 0. The van der Waals surface area contributed by atoms with Crippen LogP contribution in [0.5, 0.6) is 11.5 Å². The Balaban J connectivity index is 1.57. The molecule has 1 saturated heterocycles. The van der Waals surface area contributed by atoms with Gasteiger partial charge in [-0.1, -0.05) is 25.1 Å². The van der Waals surface area contributed by atoms with Gasteiger partial charge in [0.05, 0.1) is 6.10 Å². The van der Waals surface area contributed by atoms with E-state index in [9.17, 15) is 4.79 Å². The minimum atomic E-state index is -0.553. The highest BCUT2D eigenvalue weighted by atomic mass is 16.5. The van der Waals surface area contributed by atoms with Gasteiger partial charge in [-0.3, -0.25) is 4.79 Å². The van der Waals surface area contributed by atoms with Crippen LogP contribution in [0.15, 0.2) is 48.5 Å². The van der Waals surface area contributed by atoms with Crippen molar-refractivity contribution in [3.05, 3.63) is 54.1 Å².